The molecule has 5 nitrogen and oxygen atoms in total. The van der Waals surface area contributed by atoms with E-state index in [1.165, 1.54) is 20.3 Å². The van der Waals surface area contributed by atoms with Crippen LogP contribution in [0, 0.1) is 5.82 Å². The molecule has 0 radical (unpaired) electrons. The van der Waals surface area contributed by atoms with Gasteiger partial charge in [0, 0.05) is 11.6 Å². The van der Waals surface area contributed by atoms with E-state index in [4.69, 9.17) is 9.47 Å². The SMILES string of the molecule is COc1cc(/C=C2/SC(=O)N(Cc3ccccc3F)C2=O)cc(OC)c1. The van der Waals surface area contributed by atoms with Gasteiger partial charge in [-0.15, -0.1) is 0 Å². The van der Waals surface area contributed by atoms with Gasteiger partial charge in [0.2, 0.25) is 0 Å². The fraction of sp³-hybridized carbons (Fsp3) is 0.158. The van der Waals surface area contributed by atoms with E-state index in [1.54, 1.807) is 42.5 Å². The van der Waals surface area contributed by atoms with E-state index in [1.807, 2.05) is 0 Å². The summed E-state index contributed by atoms with van der Waals surface area (Å²) in [4.78, 5) is 26.1. The zero-order valence-corrected chi connectivity index (χ0v) is 15.0. The van der Waals surface area contributed by atoms with Crippen LogP contribution in [0.4, 0.5) is 9.18 Å². The lowest BCUT2D eigenvalue weighted by Gasteiger charge is -2.12. The van der Waals surface area contributed by atoms with Gasteiger partial charge in [-0.05, 0) is 41.6 Å². The van der Waals surface area contributed by atoms with Crippen molar-refractivity contribution in [2.45, 2.75) is 6.54 Å². The fourth-order valence-corrected chi connectivity index (χ4v) is 3.34. The summed E-state index contributed by atoms with van der Waals surface area (Å²) < 4.78 is 24.2. The first kappa shape index (κ1) is 18.0. The number of methoxy groups -OCH3 is 2. The first-order valence-corrected chi connectivity index (χ1v) is 8.55. The lowest BCUT2D eigenvalue weighted by atomic mass is 10.1. The summed E-state index contributed by atoms with van der Waals surface area (Å²) in [6, 6.07) is 11.2. The lowest BCUT2D eigenvalue weighted by Crippen LogP contribution is -2.27. The van der Waals surface area contributed by atoms with Gasteiger partial charge in [-0.25, -0.2) is 4.39 Å². The maximum Gasteiger partial charge on any atom is 0.293 e. The molecule has 0 spiro atoms. The third-order valence-electron chi connectivity index (χ3n) is 3.83. The zero-order chi connectivity index (χ0) is 18.7. The second-order valence-corrected chi connectivity index (χ2v) is 6.50. The number of imide groups is 1. The van der Waals surface area contributed by atoms with Crippen LogP contribution in [-0.4, -0.2) is 30.3 Å². The van der Waals surface area contributed by atoms with Gasteiger partial charge in [0.1, 0.15) is 17.3 Å². The lowest BCUT2D eigenvalue weighted by molar-refractivity contribution is -0.123. The number of nitrogens with zero attached hydrogens (tertiary/aromatic N) is 1. The molecule has 0 aliphatic carbocycles. The summed E-state index contributed by atoms with van der Waals surface area (Å²) in [6.45, 7) is -0.101. The number of carbonyl (C=O) groups excluding carboxylic acids is 2. The molecular weight excluding hydrogens is 357 g/mol. The summed E-state index contributed by atoms with van der Waals surface area (Å²) >= 11 is 0.823. The van der Waals surface area contributed by atoms with Crippen molar-refractivity contribution in [1.82, 2.24) is 4.90 Å². The van der Waals surface area contributed by atoms with Crippen LogP contribution < -0.4 is 9.47 Å². The Balaban J connectivity index is 1.87. The molecule has 26 heavy (non-hydrogen) atoms. The van der Waals surface area contributed by atoms with Crippen LogP contribution in [0.3, 0.4) is 0 Å². The number of amides is 2. The number of carbonyl (C=O) groups is 2. The van der Waals surface area contributed by atoms with Crippen LogP contribution in [0.1, 0.15) is 11.1 Å². The molecule has 1 aliphatic heterocycles. The minimum absolute atomic E-state index is 0.101. The predicted molar refractivity (Wildman–Crippen MR) is 97.5 cm³/mol. The molecule has 7 heteroatoms. The van der Waals surface area contributed by atoms with Crippen molar-refractivity contribution in [3.8, 4) is 11.5 Å². The maximum atomic E-state index is 13.8. The topological polar surface area (TPSA) is 55.8 Å². The van der Waals surface area contributed by atoms with Crippen molar-refractivity contribution in [3.05, 3.63) is 64.3 Å². The highest BCUT2D eigenvalue weighted by molar-refractivity contribution is 8.18. The molecule has 1 heterocycles. The molecule has 1 saturated heterocycles. The third-order valence-corrected chi connectivity index (χ3v) is 4.74. The van der Waals surface area contributed by atoms with Crippen LogP contribution in [-0.2, 0) is 11.3 Å². The Bertz CT molecular complexity index is 875. The number of thioether (sulfide) groups is 1. The normalized spacial score (nSPS) is 15.7. The second kappa shape index (κ2) is 7.61. The van der Waals surface area contributed by atoms with Gasteiger partial charge in [-0.1, -0.05) is 18.2 Å². The van der Waals surface area contributed by atoms with Crippen molar-refractivity contribution in [2.75, 3.05) is 14.2 Å². The largest absolute Gasteiger partial charge is 0.497 e. The van der Waals surface area contributed by atoms with E-state index < -0.39 is 17.0 Å². The third kappa shape index (κ3) is 3.72. The van der Waals surface area contributed by atoms with Gasteiger partial charge in [-0.3, -0.25) is 14.5 Å². The molecule has 0 bridgehead atoms. The summed E-state index contributed by atoms with van der Waals surface area (Å²) in [5, 5.41) is -0.431. The number of hydrogen-bond donors (Lipinski definition) is 0. The highest BCUT2D eigenvalue weighted by atomic mass is 32.2. The molecule has 1 aliphatic rings. The molecule has 2 aromatic carbocycles. The fourth-order valence-electron chi connectivity index (χ4n) is 2.50. The van der Waals surface area contributed by atoms with Gasteiger partial charge in [-0.2, -0.15) is 0 Å². The average Bonchev–Trinajstić information content (AvgIpc) is 2.90. The first-order valence-electron chi connectivity index (χ1n) is 7.73. The molecule has 3 rings (SSSR count). The molecule has 0 unspecified atom stereocenters. The molecular formula is C19H16FNO4S. The number of rotatable bonds is 5. The minimum atomic E-state index is -0.454. The van der Waals surface area contributed by atoms with Gasteiger partial charge >= 0.3 is 0 Å². The summed E-state index contributed by atoms with van der Waals surface area (Å²) in [7, 11) is 3.06. The minimum Gasteiger partial charge on any atom is -0.497 e. The maximum absolute atomic E-state index is 13.8. The van der Waals surface area contributed by atoms with Crippen LogP contribution in [0.5, 0.6) is 11.5 Å². The quantitative estimate of drug-likeness (QED) is 0.739. The summed E-state index contributed by atoms with van der Waals surface area (Å²) in [6.07, 6.45) is 1.59. The van der Waals surface area contributed by atoms with Gasteiger partial charge in [0.25, 0.3) is 11.1 Å². The van der Waals surface area contributed by atoms with Gasteiger partial charge < -0.3 is 9.47 Å². The highest BCUT2D eigenvalue weighted by Crippen LogP contribution is 2.34. The Labute approximate surface area is 154 Å². The number of benzene rings is 2. The second-order valence-electron chi connectivity index (χ2n) is 5.51. The van der Waals surface area contributed by atoms with Gasteiger partial charge in [0.15, 0.2) is 0 Å². The van der Waals surface area contributed by atoms with Crippen LogP contribution >= 0.6 is 11.8 Å². The monoisotopic (exact) mass is 373 g/mol. The molecule has 2 amide bonds. The van der Waals surface area contributed by atoms with Crippen LogP contribution in [0.15, 0.2) is 47.4 Å². The Kier molecular flexibility index (Phi) is 5.27. The van der Waals surface area contributed by atoms with Crippen LogP contribution in [0.25, 0.3) is 6.08 Å². The van der Waals surface area contributed by atoms with Crippen molar-refractivity contribution in [1.29, 1.82) is 0 Å². The van der Waals surface area contributed by atoms with Crippen molar-refractivity contribution in [2.24, 2.45) is 0 Å². The molecule has 0 N–H and O–H groups in total. The van der Waals surface area contributed by atoms with E-state index in [0.29, 0.717) is 22.6 Å². The van der Waals surface area contributed by atoms with E-state index in [9.17, 15) is 14.0 Å². The van der Waals surface area contributed by atoms with E-state index in [2.05, 4.69) is 0 Å². The Morgan fingerprint density at radius 3 is 2.35 bits per heavy atom. The van der Waals surface area contributed by atoms with E-state index in [0.717, 1.165) is 16.7 Å². The van der Waals surface area contributed by atoms with Crippen LogP contribution in [0.2, 0.25) is 0 Å². The van der Waals surface area contributed by atoms with E-state index in [-0.39, 0.29) is 11.4 Å². The predicted octanol–water partition coefficient (Wildman–Crippen LogP) is 4.08. The Hall–Kier alpha value is -2.80. The highest BCUT2D eigenvalue weighted by Gasteiger charge is 2.35. The number of ether oxygens (including phenoxy) is 2. The number of halogens is 1. The first-order chi connectivity index (χ1) is 12.5. The van der Waals surface area contributed by atoms with Gasteiger partial charge in [0.05, 0.1) is 25.7 Å². The Morgan fingerprint density at radius 2 is 1.73 bits per heavy atom. The van der Waals surface area contributed by atoms with Crippen molar-refractivity contribution >= 4 is 29.0 Å². The molecule has 2 aromatic rings. The molecule has 0 atom stereocenters. The zero-order valence-electron chi connectivity index (χ0n) is 14.2. The average molecular weight is 373 g/mol. The van der Waals surface area contributed by atoms with Crippen molar-refractivity contribution in [3.63, 3.8) is 0 Å². The summed E-state index contributed by atoms with van der Waals surface area (Å²) in [5.74, 6) is 0.237. The smallest absolute Gasteiger partial charge is 0.293 e. The molecule has 1 fully saturated rings. The van der Waals surface area contributed by atoms with Crippen molar-refractivity contribution < 1.29 is 23.5 Å². The molecule has 0 aromatic heterocycles. The Morgan fingerprint density at radius 1 is 1.08 bits per heavy atom. The van der Waals surface area contributed by atoms with E-state index >= 15 is 0 Å². The number of hydrogen-bond acceptors (Lipinski definition) is 5. The standard InChI is InChI=1S/C19H16FNO4S/c1-24-14-7-12(8-15(10-14)25-2)9-17-18(22)21(19(23)26-17)11-13-5-3-4-6-16(13)20/h3-10H,11H2,1-2H3/b17-9+. The molecule has 134 valence electrons. The molecule has 0 saturated carbocycles. The summed E-state index contributed by atoms with van der Waals surface area (Å²) in [5.41, 5.74) is 0.955.